The van der Waals surface area contributed by atoms with Gasteiger partial charge in [-0.2, -0.15) is 0 Å². The van der Waals surface area contributed by atoms with E-state index in [-0.39, 0.29) is 0 Å². The SMILES string of the molecule is COc1cc(-c2ccc(C)cn2)ccc1-c1ccccc1-c1cc(CCc2ccc(-c3ccccn3)cc2)cc(CCc2ccc(-c3ccccn3)cc2)c1. The summed E-state index contributed by atoms with van der Waals surface area (Å²) < 4.78 is 6.04. The van der Waals surface area contributed by atoms with Gasteiger partial charge in [-0.1, -0.05) is 115 Å². The van der Waals surface area contributed by atoms with Crippen LogP contribution in [0.4, 0.5) is 0 Å². The lowest BCUT2D eigenvalue weighted by atomic mass is 9.89. The standard InChI is InChI=1S/C51H43N3O/c1-36-13-28-50(54-35-36)43-26-27-47(51(34-43)55-2)46-10-4-3-9-45(46)44-32-39(16-14-37-18-22-41(23-19-37)48-11-5-7-29-52-48)31-40(33-44)17-15-38-20-24-42(25-21-38)49-12-6-8-30-53-49/h3-13,18-35H,14-17H2,1-2H3. The maximum Gasteiger partial charge on any atom is 0.127 e. The highest BCUT2D eigenvalue weighted by Crippen LogP contribution is 2.40. The lowest BCUT2D eigenvalue weighted by Crippen LogP contribution is -1.98. The molecule has 3 aromatic heterocycles. The normalized spacial score (nSPS) is 11.0. The fourth-order valence-corrected chi connectivity index (χ4v) is 7.22. The topological polar surface area (TPSA) is 47.9 Å². The van der Waals surface area contributed by atoms with Crippen LogP contribution in [0.5, 0.6) is 5.75 Å². The second-order valence-electron chi connectivity index (χ2n) is 14.0. The molecule has 0 aliphatic rings. The average Bonchev–Trinajstić information content (AvgIpc) is 3.26. The van der Waals surface area contributed by atoms with Crippen molar-refractivity contribution in [2.45, 2.75) is 32.6 Å². The third-order valence-electron chi connectivity index (χ3n) is 10.2. The highest BCUT2D eigenvalue weighted by atomic mass is 16.5. The first-order valence-electron chi connectivity index (χ1n) is 18.9. The van der Waals surface area contributed by atoms with Crippen molar-refractivity contribution in [2.24, 2.45) is 0 Å². The summed E-state index contributed by atoms with van der Waals surface area (Å²) in [6, 6.07) is 56.2. The molecule has 268 valence electrons. The number of ether oxygens (including phenoxy) is 1. The van der Waals surface area contributed by atoms with E-state index < -0.39 is 0 Å². The number of nitrogens with zero attached hydrogens (tertiary/aromatic N) is 3. The molecule has 3 heterocycles. The van der Waals surface area contributed by atoms with E-state index in [1.165, 1.54) is 33.4 Å². The minimum absolute atomic E-state index is 0.826. The zero-order chi connectivity index (χ0) is 37.4. The van der Waals surface area contributed by atoms with Crippen LogP contribution in [0, 0.1) is 6.92 Å². The van der Waals surface area contributed by atoms with E-state index in [1.54, 1.807) is 7.11 Å². The Kier molecular flexibility index (Phi) is 10.7. The molecule has 8 rings (SSSR count). The number of aryl methyl sites for hydroxylation is 5. The van der Waals surface area contributed by atoms with Crippen molar-refractivity contribution in [3.8, 4) is 61.8 Å². The zero-order valence-electron chi connectivity index (χ0n) is 31.3. The van der Waals surface area contributed by atoms with Crippen molar-refractivity contribution in [2.75, 3.05) is 7.11 Å². The first-order chi connectivity index (χ1) is 27.1. The summed E-state index contributed by atoms with van der Waals surface area (Å²) in [5.41, 5.74) is 17.2. The molecule has 55 heavy (non-hydrogen) atoms. The highest BCUT2D eigenvalue weighted by molar-refractivity contribution is 5.87. The maximum absolute atomic E-state index is 6.04. The lowest BCUT2D eigenvalue weighted by Gasteiger charge is -2.17. The third kappa shape index (κ3) is 8.45. The number of benzene rings is 5. The van der Waals surface area contributed by atoms with E-state index in [1.807, 2.05) is 42.9 Å². The summed E-state index contributed by atoms with van der Waals surface area (Å²) in [6.45, 7) is 2.06. The van der Waals surface area contributed by atoms with Crippen LogP contribution in [-0.4, -0.2) is 22.1 Å². The van der Waals surface area contributed by atoms with Gasteiger partial charge in [0, 0.05) is 40.8 Å². The molecule has 0 bridgehead atoms. The Labute approximate surface area is 324 Å². The van der Waals surface area contributed by atoms with E-state index in [0.29, 0.717) is 0 Å². The molecule has 4 heteroatoms. The number of pyridine rings is 3. The Morgan fingerprint density at radius 2 is 0.927 bits per heavy atom. The van der Waals surface area contributed by atoms with Gasteiger partial charge in [0.1, 0.15) is 5.75 Å². The number of rotatable bonds is 12. The lowest BCUT2D eigenvalue weighted by molar-refractivity contribution is 0.416. The molecule has 0 aliphatic heterocycles. The van der Waals surface area contributed by atoms with Crippen molar-refractivity contribution < 1.29 is 4.74 Å². The van der Waals surface area contributed by atoms with Gasteiger partial charge in [0.25, 0.3) is 0 Å². The van der Waals surface area contributed by atoms with Gasteiger partial charge in [-0.05, 0) is 120 Å². The third-order valence-corrected chi connectivity index (χ3v) is 10.2. The van der Waals surface area contributed by atoms with Crippen molar-refractivity contribution in [1.29, 1.82) is 0 Å². The van der Waals surface area contributed by atoms with Crippen molar-refractivity contribution in [3.63, 3.8) is 0 Å². The van der Waals surface area contributed by atoms with Gasteiger partial charge in [-0.25, -0.2) is 0 Å². The molecule has 0 N–H and O–H groups in total. The molecule has 0 spiro atoms. The van der Waals surface area contributed by atoms with Gasteiger partial charge >= 0.3 is 0 Å². The minimum Gasteiger partial charge on any atom is -0.496 e. The van der Waals surface area contributed by atoms with Gasteiger partial charge in [0.05, 0.1) is 24.2 Å². The smallest absolute Gasteiger partial charge is 0.127 e. The Morgan fingerprint density at radius 3 is 1.45 bits per heavy atom. The Morgan fingerprint density at radius 1 is 0.400 bits per heavy atom. The van der Waals surface area contributed by atoms with E-state index >= 15 is 0 Å². The molecule has 8 aromatic rings. The van der Waals surface area contributed by atoms with Crippen LogP contribution in [0.25, 0.3) is 56.0 Å². The number of hydrogen-bond donors (Lipinski definition) is 0. The first kappa shape index (κ1) is 35.4. The molecule has 0 saturated carbocycles. The molecule has 0 radical (unpaired) electrons. The van der Waals surface area contributed by atoms with Gasteiger partial charge in [-0.3, -0.25) is 15.0 Å². The second kappa shape index (κ2) is 16.6. The van der Waals surface area contributed by atoms with Crippen LogP contribution in [0.1, 0.15) is 27.8 Å². The molecule has 0 saturated heterocycles. The zero-order valence-corrected chi connectivity index (χ0v) is 31.3. The average molecular weight is 714 g/mol. The fourth-order valence-electron chi connectivity index (χ4n) is 7.22. The summed E-state index contributed by atoms with van der Waals surface area (Å²) in [4.78, 5) is 13.7. The minimum atomic E-state index is 0.826. The summed E-state index contributed by atoms with van der Waals surface area (Å²) in [7, 11) is 1.75. The molecule has 5 aromatic carbocycles. The van der Waals surface area contributed by atoms with E-state index in [9.17, 15) is 0 Å². The summed E-state index contributed by atoms with van der Waals surface area (Å²) in [5, 5.41) is 0. The first-order valence-corrected chi connectivity index (χ1v) is 18.9. The van der Waals surface area contributed by atoms with Crippen LogP contribution in [0.3, 0.4) is 0 Å². The number of methoxy groups -OCH3 is 1. The predicted molar refractivity (Wildman–Crippen MR) is 226 cm³/mol. The largest absolute Gasteiger partial charge is 0.496 e. The molecule has 0 aliphatic carbocycles. The molecule has 0 amide bonds. The summed E-state index contributed by atoms with van der Waals surface area (Å²) >= 11 is 0. The van der Waals surface area contributed by atoms with E-state index in [2.05, 4.69) is 155 Å². The molecule has 0 fully saturated rings. The van der Waals surface area contributed by atoms with Crippen LogP contribution in [-0.2, 0) is 25.7 Å². The van der Waals surface area contributed by atoms with Gasteiger partial charge in [-0.15, -0.1) is 0 Å². The van der Waals surface area contributed by atoms with Gasteiger partial charge in [0.2, 0.25) is 0 Å². The van der Waals surface area contributed by atoms with Gasteiger partial charge in [0.15, 0.2) is 0 Å². The molecule has 4 nitrogen and oxygen atoms in total. The number of aromatic nitrogens is 3. The molecule has 0 atom stereocenters. The quantitative estimate of drug-likeness (QED) is 0.126. The van der Waals surface area contributed by atoms with Crippen molar-refractivity contribution in [3.05, 3.63) is 204 Å². The van der Waals surface area contributed by atoms with Crippen LogP contribution >= 0.6 is 0 Å². The Hall–Kier alpha value is -6.65. The molecular weight excluding hydrogens is 671 g/mol. The van der Waals surface area contributed by atoms with Crippen molar-refractivity contribution in [1.82, 2.24) is 15.0 Å². The Balaban J connectivity index is 1.10. The Bertz CT molecular complexity index is 2390. The van der Waals surface area contributed by atoms with E-state index in [4.69, 9.17) is 4.74 Å². The second-order valence-corrected chi connectivity index (χ2v) is 14.0. The van der Waals surface area contributed by atoms with Crippen LogP contribution in [0.2, 0.25) is 0 Å². The summed E-state index contributed by atoms with van der Waals surface area (Å²) in [5.74, 6) is 0.826. The van der Waals surface area contributed by atoms with Crippen LogP contribution in [0.15, 0.2) is 176 Å². The van der Waals surface area contributed by atoms with Crippen molar-refractivity contribution >= 4 is 0 Å². The van der Waals surface area contributed by atoms with Gasteiger partial charge < -0.3 is 4.74 Å². The predicted octanol–water partition coefficient (Wildman–Crippen LogP) is 12.1. The highest BCUT2D eigenvalue weighted by Gasteiger charge is 2.15. The molecular formula is C51H43N3O. The maximum atomic E-state index is 6.04. The number of hydrogen-bond acceptors (Lipinski definition) is 4. The summed E-state index contributed by atoms with van der Waals surface area (Å²) in [6.07, 6.45) is 9.37. The molecule has 0 unspecified atom stereocenters. The van der Waals surface area contributed by atoms with Crippen LogP contribution < -0.4 is 4.74 Å². The van der Waals surface area contributed by atoms with E-state index in [0.717, 1.165) is 81.9 Å². The fraction of sp³-hybridized carbons (Fsp3) is 0.118. The monoisotopic (exact) mass is 713 g/mol.